The SMILES string of the molecule is Cc1ccc(C[C@@H]2CCCN2CNC[C@@H](O)COC(C)c2ccsc2CCC(=O)O)cc1Cl. The summed E-state index contributed by atoms with van der Waals surface area (Å²) in [5.41, 5.74) is 3.38. The molecule has 0 saturated carbocycles. The predicted molar refractivity (Wildman–Crippen MR) is 133 cm³/mol. The molecule has 1 saturated heterocycles. The number of aryl methyl sites for hydroxylation is 2. The van der Waals surface area contributed by atoms with E-state index in [1.54, 1.807) is 11.3 Å². The highest BCUT2D eigenvalue weighted by Crippen LogP contribution is 2.27. The van der Waals surface area contributed by atoms with Gasteiger partial charge in [-0.05, 0) is 80.3 Å². The Labute approximate surface area is 205 Å². The van der Waals surface area contributed by atoms with Crippen LogP contribution in [-0.2, 0) is 22.4 Å². The molecule has 8 heteroatoms. The number of nitrogens with zero attached hydrogens (tertiary/aromatic N) is 1. The number of rotatable bonds is 13. The van der Waals surface area contributed by atoms with E-state index in [1.807, 2.05) is 25.3 Å². The summed E-state index contributed by atoms with van der Waals surface area (Å²) in [7, 11) is 0. The van der Waals surface area contributed by atoms with Crippen LogP contribution in [0.25, 0.3) is 0 Å². The number of aliphatic carboxylic acids is 1. The summed E-state index contributed by atoms with van der Waals surface area (Å²) in [5, 5.41) is 25.4. The van der Waals surface area contributed by atoms with Crippen molar-refractivity contribution in [2.45, 2.75) is 64.2 Å². The predicted octanol–water partition coefficient (Wildman–Crippen LogP) is 4.42. The molecule has 3 rings (SSSR count). The summed E-state index contributed by atoms with van der Waals surface area (Å²) >= 11 is 7.84. The number of aliphatic hydroxyl groups is 1. The molecule has 1 aromatic heterocycles. The van der Waals surface area contributed by atoms with Gasteiger partial charge in [-0.3, -0.25) is 9.69 Å². The third kappa shape index (κ3) is 8.05. The van der Waals surface area contributed by atoms with Crippen molar-refractivity contribution in [3.63, 3.8) is 0 Å². The summed E-state index contributed by atoms with van der Waals surface area (Å²) in [6.07, 6.45) is 3.16. The average Bonchev–Trinajstić information content (AvgIpc) is 3.42. The normalized spacial score (nSPS) is 18.5. The van der Waals surface area contributed by atoms with Crippen molar-refractivity contribution < 1.29 is 19.7 Å². The summed E-state index contributed by atoms with van der Waals surface area (Å²) in [6.45, 7) is 6.44. The minimum Gasteiger partial charge on any atom is -0.481 e. The maximum atomic E-state index is 10.8. The maximum absolute atomic E-state index is 10.8. The molecule has 1 aromatic carbocycles. The lowest BCUT2D eigenvalue weighted by Gasteiger charge is -2.26. The molecule has 0 aliphatic carbocycles. The van der Waals surface area contributed by atoms with Crippen molar-refractivity contribution in [1.29, 1.82) is 0 Å². The standard InChI is InChI=1S/C25H35ClN2O4S/c1-17-5-6-19(13-23(17)26)12-20-4-3-10-28(20)16-27-14-21(29)15-32-18(2)22-9-11-33-24(22)7-8-25(30)31/h5-6,9,11,13,18,20-21,27,29H,3-4,7-8,10,12,14-16H2,1-2H3,(H,30,31)/t18?,20-,21+/m0/s1. The molecule has 2 heterocycles. The van der Waals surface area contributed by atoms with Gasteiger partial charge in [0.1, 0.15) is 0 Å². The molecule has 0 spiro atoms. The van der Waals surface area contributed by atoms with Gasteiger partial charge < -0.3 is 20.3 Å². The first-order valence-electron chi connectivity index (χ1n) is 11.6. The van der Waals surface area contributed by atoms with Crippen LogP contribution in [0.3, 0.4) is 0 Å². The molecule has 2 aromatic rings. The zero-order chi connectivity index (χ0) is 23.8. The van der Waals surface area contributed by atoms with Gasteiger partial charge in [0.05, 0.1) is 25.2 Å². The molecular weight excluding hydrogens is 460 g/mol. The zero-order valence-electron chi connectivity index (χ0n) is 19.4. The van der Waals surface area contributed by atoms with E-state index in [9.17, 15) is 9.90 Å². The van der Waals surface area contributed by atoms with Gasteiger partial charge in [-0.2, -0.15) is 0 Å². The molecule has 33 heavy (non-hydrogen) atoms. The Balaban J connectivity index is 1.38. The molecule has 3 atom stereocenters. The van der Waals surface area contributed by atoms with Crippen molar-refractivity contribution in [2.75, 3.05) is 26.4 Å². The fraction of sp³-hybridized carbons (Fsp3) is 0.560. The van der Waals surface area contributed by atoms with Crippen molar-refractivity contribution in [2.24, 2.45) is 0 Å². The number of halogens is 1. The summed E-state index contributed by atoms with van der Waals surface area (Å²) < 4.78 is 5.88. The lowest BCUT2D eigenvalue weighted by Crippen LogP contribution is -2.42. The van der Waals surface area contributed by atoms with Crippen LogP contribution in [-0.4, -0.2) is 59.6 Å². The number of thiophene rings is 1. The molecule has 1 aliphatic rings. The van der Waals surface area contributed by atoms with E-state index >= 15 is 0 Å². The van der Waals surface area contributed by atoms with E-state index in [4.69, 9.17) is 21.4 Å². The van der Waals surface area contributed by atoms with Crippen molar-refractivity contribution in [3.8, 4) is 0 Å². The van der Waals surface area contributed by atoms with Crippen LogP contribution >= 0.6 is 22.9 Å². The number of likely N-dealkylation sites (tertiary alicyclic amines) is 1. The Morgan fingerprint density at radius 3 is 2.97 bits per heavy atom. The lowest BCUT2D eigenvalue weighted by molar-refractivity contribution is -0.136. The highest BCUT2D eigenvalue weighted by Gasteiger charge is 2.24. The molecule has 182 valence electrons. The van der Waals surface area contributed by atoms with Crippen molar-refractivity contribution >= 4 is 28.9 Å². The first-order chi connectivity index (χ1) is 15.8. The molecule has 3 N–H and O–H groups in total. The van der Waals surface area contributed by atoms with Gasteiger partial charge >= 0.3 is 5.97 Å². The third-order valence-electron chi connectivity index (χ3n) is 6.22. The van der Waals surface area contributed by atoms with E-state index in [1.165, 1.54) is 18.4 Å². The van der Waals surface area contributed by atoms with Crippen LogP contribution < -0.4 is 5.32 Å². The molecule has 0 bridgehead atoms. The minimum atomic E-state index is -0.799. The molecule has 0 radical (unpaired) electrons. The van der Waals surface area contributed by atoms with Gasteiger partial charge in [0.15, 0.2) is 0 Å². The lowest BCUT2D eigenvalue weighted by atomic mass is 10.0. The van der Waals surface area contributed by atoms with E-state index < -0.39 is 12.1 Å². The second-order valence-corrected chi connectivity index (χ2v) is 10.2. The topological polar surface area (TPSA) is 82.0 Å². The number of hydrogen-bond donors (Lipinski definition) is 3. The number of hydrogen-bond acceptors (Lipinski definition) is 6. The largest absolute Gasteiger partial charge is 0.481 e. The fourth-order valence-corrected chi connectivity index (χ4v) is 5.46. The number of aliphatic hydroxyl groups excluding tert-OH is 1. The van der Waals surface area contributed by atoms with Gasteiger partial charge in [-0.25, -0.2) is 0 Å². The van der Waals surface area contributed by atoms with Gasteiger partial charge in [0.2, 0.25) is 0 Å². The number of carbonyl (C=O) groups is 1. The Morgan fingerprint density at radius 2 is 2.21 bits per heavy atom. The highest BCUT2D eigenvalue weighted by molar-refractivity contribution is 7.10. The Morgan fingerprint density at radius 1 is 1.39 bits per heavy atom. The Hall–Kier alpha value is -1.48. The third-order valence-corrected chi connectivity index (χ3v) is 7.63. The molecule has 6 nitrogen and oxygen atoms in total. The number of ether oxygens (including phenoxy) is 1. The molecule has 1 fully saturated rings. The summed E-state index contributed by atoms with van der Waals surface area (Å²) in [4.78, 5) is 14.3. The summed E-state index contributed by atoms with van der Waals surface area (Å²) in [6, 6.07) is 8.77. The van der Waals surface area contributed by atoms with Crippen LogP contribution in [0.1, 0.15) is 53.9 Å². The van der Waals surface area contributed by atoms with Crippen LogP contribution in [0.4, 0.5) is 0 Å². The van der Waals surface area contributed by atoms with Crippen LogP contribution in [0, 0.1) is 6.92 Å². The number of nitrogens with one attached hydrogen (secondary N) is 1. The molecule has 1 unspecified atom stereocenters. The number of benzene rings is 1. The van der Waals surface area contributed by atoms with Crippen molar-refractivity contribution in [1.82, 2.24) is 10.2 Å². The van der Waals surface area contributed by atoms with Crippen LogP contribution in [0.15, 0.2) is 29.6 Å². The number of carboxylic acids is 1. The molecular formula is C25H35ClN2O4S. The summed E-state index contributed by atoms with van der Waals surface area (Å²) in [5.74, 6) is -0.799. The molecule has 0 amide bonds. The smallest absolute Gasteiger partial charge is 0.303 e. The highest BCUT2D eigenvalue weighted by atomic mass is 35.5. The quantitative estimate of drug-likeness (QED) is 0.382. The van der Waals surface area contributed by atoms with Crippen LogP contribution in [0.2, 0.25) is 5.02 Å². The van der Waals surface area contributed by atoms with Gasteiger partial charge in [0, 0.05) is 29.2 Å². The first-order valence-corrected chi connectivity index (χ1v) is 12.9. The fourth-order valence-electron chi connectivity index (χ4n) is 4.29. The molecule has 1 aliphatic heterocycles. The van der Waals surface area contributed by atoms with E-state index in [2.05, 4.69) is 28.4 Å². The average molecular weight is 495 g/mol. The van der Waals surface area contributed by atoms with Gasteiger partial charge in [-0.15, -0.1) is 11.3 Å². The monoisotopic (exact) mass is 494 g/mol. The zero-order valence-corrected chi connectivity index (χ0v) is 21.0. The minimum absolute atomic E-state index is 0.112. The maximum Gasteiger partial charge on any atom is 0.303 e. The Kier molecular flexibility index (Phi) is 10.2. The number of carboxylic acid groups (broad SMARTS) is 1. The van der Waals surface area contributed by atoms with E-state index in [0.717, 1.165) is 40.7 Å². The second-order valence-electron chi connectivity index (χ2n) is 8.83. The van der Waals surface area contributed by atoms with Gasteiger partial charge in [-0.1, -0.05) is 23.7 Å². The first kappa shape index (κ1) is 26.1. The van der Waals surface area contributed by atoms with Crippen molar-refractivity contribution in [3.05, 3.63) is 56.2 Å². The Bertz CT molecular complexity index is 906. The van der Waals surface area contributed by atoms with E-state index in [0.29, 0.717) is 19.0 Å². The van der Waals surface area contributed by atoms with E-state index in [-0.39, 0.29) is 19.1 Å². The van der Waals surface area contributed by atoms with Gasteiger partial charge in [0.25, 0.3) is 0 Å². The van der Waals surface area contributed by atoms with Crippen LogP contribution in [0.5, 0.6) is 0 Å². The second kappa shape index (κ2) is 12.8.